The summed E-state index contributed by atoms with van der Waals surface area (Å²) in [6.45, 7) is 0.288. The summed E-state index contributed by atoms with van der Waals surface area (Å²) in [4.78, 5) is 26.7. The van der Waals surface area contributed by atoms with Gasteiger partial charge in [0, 0.05) is 31.6 Å². The number of aromatic nitrogens is 1. The van der Waals surface area contributed by atoms with E-state index in [1.807, 2.05) is 61.9 Å². The molecule has 0 spiro atoms. The number of aliphatic hydroxyl groups excluding tert-OH is 1. The number of Topliss-reactive ketones (excluding diaryl/α,β-unsaturated/α-hetero) is 1. The van der Waals surface area contributed by atoms with Gasteiger partial charge in [-0.25, -0.2) is 4.79 Å². The summed E-state index contributed by atoms with van der Waals surface area (Å²) in [5.74, 6) is -2.82. The first kappa shape index (κ1) is 22.2. The third-order valence-corrected chi connectivity index (χ3v) is 4.89. The molecule has 0 saturated carbocycles. The predicted molar refractivity (Wildman–Crippen MR) is 106 cm³/mol. The zero-order valence-electron chi connectivity index (χ0n) is 16.3. The lowest BCUT2D eigenvalue weighted by molar-refractivity contribution is -0.192. The van der Waals surface area contributed by atoms with Crippen molar-refractivity contribution in [1.29, 1.82) is 0 Å². The van der Waals surface area contributed by atoms with Crippen molar-refractivity contribution in [1.82, 2.24) is 15.2 Å². The van der Waals surface area contributed by atoms with E-state index in [9.17, 15) is 23.1 Å². The third-order valence-electron chi connectivity index (χ3n) is 4.89. The molecule has 0 bridgehead atoms. The molecule has 164 valence electrons. The van der Waals surface area contributed by atoms with Crippen LogP contribution < -0.4 is 5.32 Å². The van der Waals surface area contributed by atoms with Crippen LogP contribution in [0.15, 0.2) is 54.5 Å². The van der Waals surface area contributed by atoms with Gasteiger partial charge in [-0.05, 0) is 23.3 Å². The molecule has 4 rings (SSSR count). The summed E-state index contributed by atoms with van der Waals surface area (Å²) in [5.41, 5.74) is 4.07. The number of nitrogens with zero attached hydrogens (tertiary/aromatic N) is 1. The second-order valence-corrected chi connectivity index (χ2v) is 6.98. The molecule has 1 aliphatic heterocycles. The van der Waals surface area contributed by atoms with Gasteiger partial charge < -0.3 is 25.4 Å². The van der Waals surface area contributed by atoms with Gasteiger partial charge in [-0.1, -0.05) is 30.3 Å². The van der Waals surface area contributed by atoms with Crippen LogP contribution in [-0.4, -0.2) is 51.6 Å². The molecule has 31 heavy (non-hydrogen) atoms. The number of rotatable bonds is 4. The number of alkyl halides is 3. The van der Waals surface area contributed by atoms with Crippen LogP contribution in [0.2, 0.25) is 0 Å². The molecule has 1 aliphatic carbocycles. The van der Waals surface area contributed by atoms with E-state index in [1.54, 1.807) is 0 Å². The Hall–Kier alpha value is -3.53. The molecule has 2 aliphatic rings. The molecule has 0 saturated heterocycles. The molecule has 2 unspecified atom stereocenters. The van der Waals surface area contributed by atoms with Gasteiger partial charge in [0.15, 0.2) is 0 Å². The van der Waals surface area contributed by atoms with E-state index in [2.05, 4.69) is 15.2 Å². The number of carboxylic acid groups (broad SMARTS) is 1. The number of hydrogen-bond donors (Lipinski definition) is 4. The fourth-order valence-corrected chi connectivity index (χ4v) is 3.30. The molecule has 7 nitrogen and oxygen atoms in total. The minimum atomic E-state index is -5.08. The normalized spacial score (nSPS) is 17.8. The maximum Gasteiger partial charge on any atom is 0.490 e. The van der Waals surface area contributed by atoms with E-state index in [-0.39, 0.29) is 18.4 Å². The van der Waals surface area contributed by atoms with Crippen LogP contribution in [0.3, 0.4) is 0 Å². The highest BCUT2D eigenvalue weighted by Crippen LogP contribution is 2.37. The summed E-state index contributed by atoms with van der Waals surface area (Å²) in [6, 6.07) is 9.46. The summed E-state index contributed by atoms with van der Waals surface area (Å²) >= 11 is 0. The number of nitrogens with one attached hydrogen (secondary N) is 2. The topological polar surface area (TPSA) is 106 Å². The lowest BCUT2D eigenvalue weighted by Crippen LogP contribution is -2.33. The SMILES string of the molecule is CN1C=Cc2c[nH]c3c2C1C=C(NCC(O)c1ccccc1)C3=O.O=C(O)C(F)(F)F. The van der Waals surface area contributed by atoms with Gasteiger partial charge in [-0.15, -0.1) is 0 Å². The highest BCUT2D eigenvalue weighted by Gasteiger charge is 2.38. The number of halogens is 3. The van der Waals surface area contributed by atoms with Crippen molar-refractivity contribution in [3.8, 4) is 0 Å². The number of likely N-dealkylation sites (N-methyl/N-ethyl adjacent to an activating group) is 1. The number of carboxylic acids is 1. The lowest BCUT2D eigenvalue weighted by Gasteiger charge is -2.32. The average Bonchev–Trinajstić information content (AvgIpc) is 3.17. The number of aliphatic carboxylic acids is 1. The van der Waals surface area contributed by atoms with Crippen LogP contribution in [0.4, 0.5) is 13.2 Å². The van der Waals surface area contributed by atoms with Gasteiger partial charge in [0.25, 0.3) is 0 Å². The molecule has 0 radical (unpaired) electrons. The molecular weight excluding hydrogens is 415 g/mol. The molecule has 0 amide bonds. The maximum atomic E-state index is 12.7. The number of ketones is 1. The summed E-state index contributed by atoms with van der Waals surface area (Å²) in [6.07, 6.45) is 2.07. The van der Waals surface area contributed by atoms with Crippen molar-refractivity contribution in [3.05, 3.63) is 76.9 Å². The third kappa shape index (κ3) is 4.80. The lowest BCUT2D eigenvalue weighted by atomic mass is 9.90. The first-order valence-electron chi connectivity index (χ1n) is 9.24. The van der Waals surface area contributed by atoms with Crippen LogP contribution >= 0.6 is 0 Å². The minimum absolute atomic E-state index is 0.0281. The molecular formula is C21H20F3N3O4. The first-order chi connectivity index (χ1) is 14.6. The Bertz CT molecular complexity index is 1030. The summed E-state index contributed by atoms with van der Waals surface area (Å²) in [5, 5.41) is 20.5. The van der Waals surface area contributed by atoms with Crippen molar-refractivity contribution >= 4 is 17.8 Å². The monoisotopic (exact) mass is 435 g/mol. The van der Waals surface area contributed by atoms with E-state index in [0.29, 0.717) is 11.4 Å². The molecule has 10 heteroatoms. The fraction of sp³-hybridized carbons (Fsp3) is 0.238. The Morgan fingerprint density at radius 2 is 1.94 bits per heavy atom. The zero-order chi connectivity index (χ0) is 22.8. The van der Waals surface area contributed by atoms with Crippen LogP contribution in [-0.2, 0) is 4.79 Å². The molecule has 0 fully saturated rings. The molecule has 2 atom stereocenters. The number of allylic oxidation sites excluding steroid dienone is 1. The second kappa shape index (κ2) is 8.68. The number of H-pyrrole nitrogens is 1. The first-order valence-corrected chi connectivity index (χ1v) is 9.24. The number of aliphatic hydroxyl groups is 1. The van der Waals surface area contributed by atoms with Crippen molar-refractivity contribution in [2.24, 2.45) is 0 Å². The number of benzene rings is 1. The highest BCUT2D eigenvalue weighted by molar-refractivity contribution is 6.10. The van der Waals surface area contributed by atoms with Crippen LogP contribution in [0.25, 0.3) is 6.08 Å². The number of carbonyl (C=O) groups excluding carboxylic acids is 1. The van der Waals surface area contributed by atoms with Gasteiger partial charge in [0.2, 0.25) is 5.78 Å². The van der Waals surface area contributed by atoms with Gasteiger partial charge in [0.05, 0.1) is 23.5 Å². The van der Waals surface area contributed by atoms with Crippen molar-refractivity contribution in [3.63, 3.8) is 0 Å². The minimum Gasteiger partial charge on any atom is -0.475 e. The predicted octanol–water partition coefficient (Wildman–Crippen LogP) is 3.01. The van der Waals surface area contributed by atoms with Gasteiger partial charge in [-0.3, -0.25) is 4.79 Å². The van der Waals surface area contributed by atoms with Crippen LogP contribution in [0, 0.1) is 0 Å². The number of aromatic amines is 1. The number of hydrogen-bond acceptors (Lipinski definition) is 5. The maximum absolute atomic E-state index is 12.7. The standard InChI is InChI=1S/C19H19N3O2.C2HF3O2/c1-22-8-7-13-10-21-18-17(13)15(22)9-14(19(18)24)20-11-16(23)12-5-3-2-4-6-12;3-2(4,5)1(6)7/h2-10,15-16,20-21,23H,11H2,1H3;(H,6,7). The van der Waals surface area contributed by atoms with Gasteiger partial charge in [-0.2, -0.15) is 13.2 Å². The Morgan fingerprint density at radius 1 is 1.29 bits per heavy atom. The molecule has 2 heterocycles. The van der Waals surface area contributed by atoms with E-state index >= 15 is 0 Å². The van der Waals surface area contributed by atoms with Crippen LogP contribution in [0.1, 0.15) is 39.3 Å². The molecule has 1 aromatic carbocycles. The summed E-state index contributed by atoms with van der Waals surface area (Å²) < 4.78 is 31.7. The van der Waals surface area contributed by atoms with Crippen molar-refractivity contribution in [2.75, 3.05) is 13.6 Å². The second-order valence-electron chi connectivity index (χ2n) is 6.98. The zero-order valence-corrected chi connectivity index (χ0v) is 16.3. The Balaban J connectivity index is 0.000000339. The van der Waals surface area contributed by atoms with E-state index < -0.39 is 18.2 Å². The molecule has 2 aromatic rings. The largest absolute Gasteiger partial charge is 0.490 e. The summed E-state index contributed by atoms with van der Waals surface area (Å²) in [7, 11) is 1.99. The number of carbonyl (C=O) groups is 2. The van der Waals surface area contributed by atoms with Crippen molar-refractivity contribution in [2.45, 2.75) is 18.3 Å². The van der Waals surface area contributed by atoms with E-state index in [1.165, 1.54) is 0 Å². The van der Waals surface area contributed by atoms with Gasteiger partial charge >= 0.3 is 12.1 Å². The van der Waals surface area contributed by atoms with Gasteiger partial charge in [0.1, 0.15) is 0 Å². The molecule has 4 N–H and O–H groups in total. The van der Waals surface area contributed by atoms with Crippen LogP contribution in [0.5, 0.6) is 0 Å². The quantitative estimate of drug-likeness (QED) is 0.589. The average molecular weight is 435 g/mol. The van der Waals surface area contributed by atoms with Crippen molar-refractivity contribution < 1.29 is 33.0 Å². The van der Waals surface area contributed by atoms with E-state index in [0.717, 1.165) is 16.7 Å². The molecule has 1 aromatic heterocycles. The Labute approximate surface area is 175 Å². The van der Waals surface area contributed by atoms with E-state index in [4.69, 9.17) is 9.90 Å². The smallest absolute Gasteiger partial charge is 0.475 e. The fourth-order valence-electron chi connectivity index (χ4n) is 3.30. The Kier molecular flexibility index (Phi) is 6.21. The Morgan fingerprint density at radius 3 is 2.55 bits per heavy atom. The highest BCUT2D eigenvalue weighted by atomic mass is 19.4.